The summed E-state index contributed by atoms with van der Waals surface area (Å²) in [6, 6.07) is 3.33. The lowest BCUT2D eigenvalue weighted by atomic mass is 10.3. The maximum atomic E-state index is 11.9. The molecule has 0 radical (unpaired) electrons. The molecule has 0 aliphatic heterocycles. The molecular formula is C12H13N3O3S. The van der Waals surface area contributed by atoms with Crippen LogP contribution >= 0.6 is 11.3 Å². The van der Waals surface area contributed by atoms with Crippen LogP contribution in [0, 0.1) is 6.92 Å². The van der Waals surface area contributed by atoms with Crippen LogP contribution in [0.15, 0.2) is 27.4 Å². The zero-order valence-corrected chi connectivity index (χ0v) is 11.4. The van der Waals surface area contributed by atoms with Crippen molar-refractivity contribution in [1.82, 2.24) is 10.1 Å². The average molecular weight is 279 g/mol. The maximum absolute atomic E-state index is 11.9. The highest BCUT2D eigenvalue weighted by Crippen LogP contribution is 2.09. The van der Waals surface area contributed by atoms with E-state index in [-0.39, 0.29) is 18.4 Å². The standard InChI is InChI=1S/C12H13N3O3S/c1-8-5-10(14-18-8)13-11(16)6-15(2)12(17)9-3-4-19-7-9/h3-5,7H,6H2,1-2H3,(H,13,14,16). The molecule has 2 rings (SSSR count). The number of amides is 2. The SMILES string of the molecule is Cc1cc(NC(=O)CN(C)C(=O)c2ccsc2)no1. The molecule has 6 nitrogen and oxygen atoms in total. The van der Waals surface area contributed by atoms with Gasteiger partial charge in [0.1, 0.15) is 5.76 Å². The Bertz CT molecular complexity index is 577. The van der Waals surface area contributed by atoms with E-state index in [4.69, 9.17) is 4.52 Å². The second-order valence-corrected chi connectivity index (χ2v) is 4.82. The number of anilines is 1. The van der Waals surface area contributed by atoms with Gasteiger partial charge in [0.25, 0.3) is 5.91 Å². The molecule has 0 spiro atoms. The lowest BCUT2D eigenvalue weighted by molar-refractivity contribution is -0.116. The third-order valence-corrected chi connectivity index (χ3v) is 3.07. The van der Waals surface area contributed by atoms with Crippen LogP contribution in [-0.2, 0) is 4.79 Å². The summed E-state index contributed by atoms with van der Waals surface area (Å²) in [6.07, 6.45) is 0. The molecule has 0 unspecified atom stereocenters. The third-order valence-electron chi connectivity index (χ3n) is 2.39. The van der Waals surface area contributed by atoms with Crippen LogP contribution in [0.5, 0.6) is 0 Å². The predicted molar refractivity (Wildman–Crippen MR) is 71.1 cm³/mol. The summed E-state index contributed by atoms with van der Waals surface area (Å²) in [5.41, 5.74) is 0.581. The molecule has 0 aliphatic rings. The van der Waals surface area contributed by atoms with E-state index in [9.17, 15) is 9.59 Å². The average Bonchev–Trinajstić information content (AvgIpc) is 2.99. The largest absolute Gasteiger partial charge is 0.360 e. The molecule has 1 N–H and O–H groups in total. The number of thiophene rings is 1. The van der Waals surface area contributed by atoms with Gasteiger partial charge in [0.2, 0.25) is 5.91 Å². The Morgan fingerprint density at radius 1 is 1.53 bits per heavy atom. The Morgan fingerprint density at radius 2 is 2.32 bits per heavy atom. The quantitative estimate of drug-likeness (QED) is 0.925. The number of hydrogen-bond acceptors (Lipinski definition) is 5. The number of aryl methyl sites for hydroxylation is 1. The monoisotopic (exact) mass is 279 g/mol. The van der Waals surface area contributed by atoms with Crippen molar-refractivity contribution in [2.24, 2.45) is 0 Å². The van der Waals surface area contributed by atoms with Gasteiger partial charge in [-0.3, -0.25) is 9.59 Å². The van der Waals surface area contributed by atoms with Crippen LogP contribution in [0.4, 0.5) is 5.82 Å². The minimum absolute atomic E-state index is 0.0411. The highest BCUT2D eigenvalue weighted by Gasteiger charge is 2.15. The molecule has 2 aromatic heterocycles. The number of nitrogens with zero attached hydrogens (tertiary/aromatic N) is 2. The number of rotatable bonds is 4. The highest BCUT2D eigenvalue weighted by molar-refractivity contribution is 7.08. The van der Waals surface area contributed by atoms with Crippen molar-refractivity contribution in [1.29, 1.82) is 0 Å². The van der Waals surface area contributed by atoms with Crippen molar-refractivity contribution in [3.05, 3.63) is 34.2 Å². The second kappa shape index (κ2) is 5.66. The first-order chi connectivity index (χ1) is 9.06. The normalized spacial score (nSPS) is 10.2. The van der Waals surface area contributed by atoms with E-state index >= 15 is 0 Å². The van der Waals surface area contributed by atoms with Gasteiger partial charge in [-0.05, 0) is 18.4 Å². The maximum Gasteiger partial charge on any atom is 0.254 e. The Hall–Kier alpha value is -2.15. The Balaban J connectivity index is 1.90. The molecule has 0 atom stereocenters. The van der Waals surface area contributed by atoms with Crippen LogP contribution in [0.2, 0.25) is 0 Å². The molecule has 19 heavy (non-hydrogen) atoms. The molecule has 100 valence electrons. The van der Waals surface area contributed by atoms with Crippen LogP contribution < -0.4 is 5.32 Å². The summed E-state index contributed by atoms with van der Waals surface area (Å²) >= 11 is 1.44. The van der Waals surface area contributed by atoms with Crippen molar-refractivity contribution in [3.63, 3.8) is 0 Å². The fourth-order valence-corrected chi connectivity index (χ4v) is 2.13. The molecule has 0 aliphatic carbocycles. The van der Waals surface area contributed by atoms with Gasteiger partial charge in [-0.25, -0.2) is 0 Å². The molecule has 7 heteroatoms. The summed E-state index contributed by atoms with van der Waals surface area (Å²) < 4.78 is 4.83. The summed E-state index contributed by atoms with van der Waals surface area (Å²) in [7, 11) is 1.58. The van der Waals surface area contributed by atoms with Crippen LogP contribution in [-0.4, -0.2) is 35.5 Å². The fraction of sp³-hybridized carbons (Fsp3) is 0.250. The van der Waals surface area contributed by atoms with Crippen LogP contribution in [0.1, 0.15) is 16.1 Å². The van der Waals surface area contributed by atoms with Crippen LogP contribution in [0.25, 0.3) is 0 Å². The van der Waals surface area contributed by atoms with E-state index in [2.05, 4.69) is 10.5 Å². The number of carbonyl (C=O) groups excluding carboxylic acids is 2. The zero-order valence-electron chi connectivity index (χ0n) is 10.5. The van der Waals surface area contributed by atoms with Crippen molar-refractivity contribution < 1.29 is 14.1 Å². The fourth-order valence-electron chi connectivity index (χ4n) is 1.50. The third kappa shape index (κ3) is 3.41. The summed E-state index contributed by atoms with van der Waals surface area (Å²) in [5, 5.41) is 9.77. The van der Waals surface area contributed by atoms with Gasteiger partial charge >= 0.3 is 0 Å². The van der Waals surface area contributed by atoms with Gasteiger partial charge in [-0.15, -0.1) is 0 Å². The molecule has 0 bridgehead atoms. The lowest BCUT2D eigenvalue weighted by Crippen LogP contribution is -2.34. The topological polar surface area (TPSA) is 75.4 Å². The number of hydrogen-bond donors (Lipinski definition) is 1. The first kappa shape index (κ1) is 13.3. The number of carbonyl (C=O) groups is 2. The first-order valence-electron chi connectivity index (χ1n) is 5.57. The van der Waals surface area contributed by atoms with Gasteiger partial charge in [-0.2, -0.15) is 11.3 Å². The second-order valence-electron chi connectivity index (χ2n) is 4.04. The van der Waals surface area contributed by atoms with Gasteiger partial charge in [0, 0.05) is 18.5 Å². The van der Waals surface area contributed by atoms with Crippen molar-refractivity contribution >= 4 is 29.0 Å². The Morgan fingerprint density at radius 3 is 2.89 bits per heavy atom. The van der Waals surface area contributed by atoms with E-state index in [0.29, 0.717) is 17.1 Å². The zero-order chi connectivity index (χ0) is 13.8. The highest BCUT2D eigenvalue weighted by atomic mass is 32.1. The smallest absolute Gasteiger partial charge is 0.254 e. The van der Waals surface area contributed by atoms with E-state index < -0.39 is 0 Å². The summed E-state index contributed by atoms with van der Waals surface area (Å²) in [4.78, 5) is 25.0. The summed E-state index contributed by atoms with van der Waals surface area (Å²) in [6.45, 7) is 1.69. The molecular weight excluding hydrogens is 266 g/mol. The molecule has 2 heterocycles. The molecule has 0 fully saturated rings. The number of aromatic nitrogens is 1. The molecule has 2 amide bonds. The van der Waals surface area contributed by atoms with Gasteiger partial charge in [-0.1, -0.05) is 5.16 Å². The lowest BCUT2D eigenvalue weighted by Gasteiger charge is -2.15. The minimum Gasteiger partial charge on any atom is -0.360 e. The Kier molecular flexibility index (Phi) is 3.96. The number of likely N-dealkylation sites (N-methyl/N-ethyl adjacent to an activating group) is 1. The van der Waals surface area contributed by atoms with Crippen molar-refractivity contribution in [2.75, 3.05) is 18.9 Å². The van der Waals surface area contributed by atoms with Crippen molar-refractivity contribution in [2.45, 2.75) is 6.92 Å². The summed E-state index contributed by atoms with van der Waals surface area (Å²) in [5.74, 6) is 0.448. The van der Waals surface area contributed by atoms with E-state index in [1.807, 2.05) is 5.38 Å². The molecule has 0 saturated carbocycles. The van der Waals surface area contributed by atoms with E-state index in [1.54, 1.807) is 31.5 Å². The first-order valence-corrected chi connectivity index (χ1v) is 6.51. The van der Waals surface area contributed by atoms with E-state index in [1.165, 1.54) is 16.2 Å². The van der Waals surface area contributed by atoms with Gasteiger partial charge < -0.3 is 14.7 Å². The molecule has 0 aromatic carbocycles. The van der Waals surface area contributed by atoms with Gasteiger partial charge in [0.05, 0.1) is 12.1 Å². The van der Waals surface area contributed by atoms with E-state index in [0.717, 1.165) is 0 Å². The minimum atomic E-state index is -0.320. The molecule has 2 aromatic rings. The van der Waals surface area contributed by atoms with Crippen LogP contribution in [0.3, 0.4) is 0 Å². The van der Waals surface area contributed by atoms with Gasteiger partial charge in [0.15, 0.2) is 5.82 Å². The predicted octanol–water partition coefficient (Wildman–Crippen LogP) is 1.76. The number of nitrogens with one attached hydrogen (secondary N) is 1. The van der Waals surface area contributed by atoms with Crippen molar-refractivity contribution in [3.8, 4) is 0 Å². The molecule has 0 saturated heterocycles. The Labute approximate surface area is 114 Å².